The van der Waals surface area contributed by atoms with Crippen LogP contribution in [0.3, 0.4) is 0 Å². The molecule has 0 aromatic heterocycles. The number of piperazine rings is 1. The lowest BCUT2D eigenvalue weighted by atomic mass is 9.93. The second kappa shape index (κ2) is 9.03. The monoisotopic (exact) mass is 481 g/mol. The summed E-state index contributed by atoms with van der Waals surface area (Å²) in [4.78, 5) is 17.3. The molecular formula is C26H32FN5O3. The minimum absolute atomic E-state index is 0.200. The van der Waals surface area contributed by atoms with Gasteiger partial charge < -0.3 is 19.7 Å². The van der Waals surface area contributed by atoms with Gasteiger partial charge in [-0.05, 0) is 62.7 Å². The zero-order valence-electron chi connectivity index (χ0n) is 20.8. The first kappa shape index (κ1) is 23.4. The topological polar surface area (TPSA) is 69.6 Å². The summed E-state index contributed by atoms with van der Waals surface area (Å²) in [6.45, 7) is 3.68. The molecule has 186 valence electrons. The number of nitrogens with one attached hydrogen (secondary N) is 1. The maximum Gasteiger partial charge on any atom is 0.337 e. The van der Waals surface area contributed by atoms with E-state index < -0.39 is 0 Å². The van der Waals surface area contributed by atoms with Gasteiger partial charge in [0.25, 0.3) is 0 Å². The minimum Gasteiger partial charge on any atom is -0.493 e. The van der Waals surface area contributed by atoms with E-state index >= 15 is 4.39 Å². The van der Waals surface area contributed by atoms with Crippen LogP contribution >= 0.6 is 0 Å². The molecule has 0 unspecified atom stereocenters. The lowest BCUT2D eigenvalue weighted by molar-refractivity contribution is 0.184. The van der Waals surface area contributed by atoms with Crippen molar-refractivity contribution in [2.24, 2.45) is 5.10 Å². The molecule has 3 aliphatic heterocycles. The number of hydrogen-bond donors (Lipinski definition) is 1. The predicted molar refractivity (Wildman–Crippen MR) is 133 cm³/mol. The third-order valence-electron chi connectivity index (χ3n) is 7.47. The summed E-state index contributed by atoms with van der Waals surface area (Å²) < 4.78 is 26.2. The fourth-order valence-electron chi connectivity index (χ4n) is 5.59. The summed E-state index contributed by atoms with van der Waals surface area (Å²) in [6.07, 6.45) is 1.62. The van der Waals surface area contributed by atoms with Gasteiger partial charge in [0.1, 0.15) is 5.82 Å². The zero-order valence-corrected chi connectivity index (χ0v) is 20.8. The van der Waals surface area contributed by atoms with Gasteiger partial charge in [-0.3, -0.25) is 4.90 Å². The van der Waals surface area contributed by atoms with Gasteiger partial charge in [-0.1, -0.05) is 0 Å². The van der Waals surface area contributed by atoms with Gasteiger partial charge in [-0.25, -0.2) is 14.2 Å². The lowest BCUT2D eigenvalue weighted by Gasteiger charge is -2.34. The molecule has 9 heteroatoms. The third-order valence-corrected chi connectivity index (χ3v) is 7.47. The van der Waals surface area contributed by atoms with E-state index in [1.165, 1.54) is 11.1 Å². The van der Waals surface area contributed by atoms with E-state index in [2.05, 4.69) is 22.2 Å². The van der Waals surface area contributed by atoms with E-state index in [0.717, 1.165) is 36.2 Å². The van der Waals surface area contributed by atoms with Crippen molar-refractivity contribution in [3.05, 3.63) is 52.8 Å². The summed E-state index contributed by atoms with van der Waals surface area (Å²) in [7, 11) is 6.90. The Hall–Kier alpha value is -3.33. The summed E-state index contributed by atoms with van der Waals surface area (Å²) in [5, 5.41) is 8.96. The Morgan fingerprint density at radius 3 is 2.49 bits per heavy atom. The number of urea groups is 1. The van der Waals surface area contributed by atoms with Crippen LogP contribution in [0.2, 0.25) is 0 Å². The molecule has 8 nitrogen and oxygen atoms in total. The highest BCUT2D eigenvalue weighted by Gasteiger charge is 2.42. The van der Waals surface area contributed by atoms with Crippen LogP contribution in [-0.2, 0) is 6.42 Å². The highest BCUT2D eigenvalue weighted by molar-refractivity contribution is 6.15. The second-order valence-electron chi connectivity index (χ2n) is 9.57. The standard InChI is InChI=1S/C26H32FN5O3/c1-15-8-17-10-23(34-4)24(35-5)12-20(17)25(29-32(15)26(33)28-2)16-6-7-21(27)22(9-16)31-14-18-11-19(31)13-30(18)3/h6-7,9-10,12,15,18-19H,8,11,13-14H2,1-5H3,(H,28,33)/t15-,18+,19-/m0/s1. The molecule has 0 radical (unpaired) electrons. The Kier molecular flexibility index (Phi) is 6.04. The fraction of sp³-hybridized carbons (Fsp3) is 0.462. The van der Waals surface area contributed by atoms with Crippen molar-refractivity contribution in [1.82, 2.24) is 15.2 Å². The Morgan fingerprint density at radius 1 is 1.11 bits per heavy atom. The number of likely N-dealkylation sites (N-methyl/N-ethyl adjacent to an activating group) is 1. The molecule has 0 spiro atoms. The maximum absolute atomic E-state index is 15.1. The molecule has 2 fully saturated rings. The van der Waals surface area contributed by atoms with E-state index in [-0.39, 0.29) is 17.9 Å². The van der Waals surface area contributed by atoms with Crippen LogP contribution in [0.4, 0.5) is 14.9 Å². The van der Waals surface area contributed by atoms with E-state index in [9.17, 15) is 4.79 Å². The van der Waals surface area contributed by atoms with E-state index in [0.29, 0.717) is 41.4 Å². The van der Waals surface area contributed by atoms with E-state index in [1.54, 1.807) is 27.3 Å². The molecule has 3 heterocycles. The number of nitrogens with zero attached hydrogens (tertiary/aromatic N) is 4. The Balaban J connectivity index is 1.65. The van der Waals surface area contributed by atoms with Gasteiger partial charge in [0.05, 0.1) is 31.7 Å². The first-order chi connectivity index (χ1) is 16.8. The summed E-state index contributed by atoms with van der Waals surface area (Å²) in [5.41, 5.74) is 3.73. The van der Waals surface area contributed by atoms with Crippen molar-refractivity contribution in [1.29, 1.82) is 0 Å². The van der Waals surface area contributed by atoms with Gasteiger partial charge in [0.2, 0.25) is 0 Å². The molecule has 0 aliphatic carbocycles. The van der Waals surface area contributed by atoms with Crippen molar-refractivity contribution in [3.8, 4) is 11.5 Å². The molecule has 3 atom stereocenters. The van der Waals surface area contributed by atoms with Crippen molar-refractivity contribution < 1.29 is 18.7 Å². The first-order valence-electron chi connectivity index (χ1n) is 12.0. The number of methoxy groups -OCH3 is 2. The van der Waals surface area contributed by atoms with Crippen LogP contribution < -0.4 is 19.7 Å². The number of hydrazone groups is 1. The number of halogens is 1. The Labute approximate surface area is 205 Å². The molecule has 2 aromatic carbocycles. The summed E-state index contributed by atoms with van der Waals surface area (Å²) in [5.74, 6) is 0.938. The smallest absolute Gasteiger partial charge is 0.337 e. The number of rotatable bonds is 4. The molecule has 0 saturated carbocycles. The number of anilines is 1. The molecule has 2 amide bonds. The van der Waals surface area contributed by atoms with Crippen molar-refractivity contribution >= 4 is 17.4 Å². The average molecular weight is 482 g/mol. The van der Waals surface area contributed by atoms with Crippen molar-refractivity contribution in [2.45, 2.75) is 37.9 Å². The number of likely N-dealkylation sites (tertiary alicyclic amines) is 1. The fourth-order valence-corrected chi connectivity index (χ4v) is 5.59. The van der Waals surface area contributed by atoms with E-state index in [1.807, 2.05) is 25.1 Å². The number of carbonyl (C=O) groups excluding carboxylic acids is 1. The van der Waals surface area contributed by atoms with Crippen LogP contribution in [0.5, 0.6) is 11.5 Å². The van der Waals surface area contributed by atoms with Gasteiger partial charge in [-0.2, -0.15) is 5.10 Å². The Morgan fingerprint density at radius 2 is 1.86 bits per heavy atom. The molecule has 5 rings (SSSR count). The van der Waals surface area contributed by atoms with Crippen LogP contribution in [0.1, 0.15) is 30.0 Å². The minimum atomic E-state index is -0.302. The molecule has 3 aliphatic rings. The quantitative estimate of drug-likeness (QED) is 0.727. The SMILES string of the molecule is CNC(=O)N1N=C(c2ccc(F)c(N3C[C@H]4C[C@H]3CN4C)c2)c2cc(OC)c(OC)cc2C[C@@H]1C. The van der Waals surface area contributed by atoms with Gasteiger partial charge >= 0.3 is 6.03 Å². The molecule has 1 N–H and O–H groups in total. The normalized spacial score (nSPS) is 23.6. The molecule has 35 heavy (non-hydrogen) atoms. The van der Waals surface area contributed by atoms with Gasteiger partial charge in [-0.15, -0.1) is 0 Å². The summed E-state index contributed by atoms with van der Waals surface area (Å²) in [6, 6.07) is 9.17. The first-order valence-corrected chi connectivity index (χ1v) is 12.0. The Bertz CT molecular complexity index is 1180. The average Bonchev–Trinajstić information content (AvgIpc) is 3.40. The molecular weight excluding hydrogens is 449 g/mol. The zero-order chi connectivity index (χ0) is 24.9. The van der Waals surface area contributed by atoms with Crippen LogP contribution in [0, 0.1) is 5.82 Å². The molecule has 2 bridgehead atoms. The predicted octanol–water partition coefficient (Wildman–Crippen LogP) is 3.07. The van der Waals surface area contributed by atoms with Crippen LogP contribution in [0.25, 0.3) is 0 Å². The number of amides is 2. The number of hydrogen-bond acceptors (Lipinski definition) is 6. The third kappa shape index (κ3) is 3.97. The second-order valence-corrected chi connectivity index (χ2v) is 9.57. The largest absolute Gasteiger partial charge is 0.493 e. The van der Waals surface area contributed by atoms with Gasteiger partial charge in [0, 0.05) is 43.3 Å². The number of ether oxygens (including phenoxy) is 2. The van der Waals surface area contributed by atoms with Crippen molar-refractivity contribution in [2.75, 3.05) is 46.3 Å². The van der Waals surface area contributed by atoms with Crippen molar-refractivity contribution in [3.63, 3.8) is 0 Å². The van der Waals surface area contributed by atoms with Gasteiger partial charge in [0.15, 0.2) is 11.5 Å². The number of carbonyl (C=O) groups is 1. The van der Waals surface area contributed by atoms with Crippen LogP contribution in [0.15, 0.2) is 35.4 Å². The number of benzene rings is 2. The highest BCUT2D eigenvalue weighted by Crippen LogP contribution is 2.38. The lowest BCUT2D eigenvalue weighted by Crippen LogP contribution is -2.45. The molecule has 2 saturated heterocycles. The van der Waals surface area contributed by atoms with E-state index in [4.69, 9.17) is 14.6 Å². The summed E-state index contributed by atoms with van der Waals surface area (Å²) >= 11 is 0. The molecule has 2 aromatic rings. The van der Waals surface area contributed by atoms with Crippen LogP contribution in [-0.4, -0.2) is 81.2 Å². The maximum atomic E-state index is 15.1. The number of fused-ring (bicyclic) bond motifs is 3. The highest BCUT2D eigenvalue weighted by atomic mass is 19.1.